The smallest absolute Gasteiger partial charge is 0.141 e. The van der Waals surface area contributed by atoms with Crippen LogP contribution in [-0.4, -0.2) is 15.1 Å². The van der Waals surface area contributed by atoms with E-state index in [1.54, 1.807) is 12.3 Å². The molecule has 0 aliphatic carbocycles. The van der Waals surface area contributed by atoms with Gasteiger partial charge in [0.2, 0.25) is 0 Å². The third kappa shape index (κ3) is 2.45. The number of rotatable bonds is 2. The van der Waals surface area contributed by atoms with Crippen molar-refractivity contribution in [1.82, 2.24) is 9.97 Å². The number of phenols is 1. The Hall–Kier alpha value is -2.68. The van der Waals surface area contributed by atoms with Crippen molar-refractivity contribution in [2.45, 2.75) is 0 Å². The SMILES string of the molecule is Oc1cccc2ccc(/C=C\c3ccccn3)nc12. The molecular weight excluding hydrogens is 236 g/mol. The lowest BCUT2D eigenvalue weighted by molar-refractivity contribution is 0.480. The number of hydrogen-bond acceptors (Lipinski definition) is 3. The Bertz CT molecular complexity index is 736. The quantitative estimate of drug-likeness (QED) is 0.755. The largest absolute Gasteiger partial charge is 0.506 e. The van der Waals surface area contributed by atoms with E-state index < -0.39 is 0 Å². The van der Waals surface area contributed by atoms with Gasteiger partial charge < -0.3 is 5.11 Å². The van der Waals surface area contributed by atoms with Crippen LogP contribution in [0.4, 0.5) is 0 Å². The summed E-state index contributed by atoms with van der Waals surface area (Å²) in [6.45, 7) is 0. The summed E-state index contributed by atoms with van der Waals surface area (Å²) in [5, 5.41) is 10.7. The first-order valence-corrected chi connectivity index (χ1v) is 6.01. The molecular formula is C16H12N2O. The normalized spacial score (nSPS) is 11.2. The van der Waals surface area contributed by atoms with Gasteiger partial charge in [-0.3, -0.25) is 4.98 Å². The van der Waals surface area contributed by atoms with E-state index in [-0.39, 0.29) is 5.75 Å². The zero-order valence-electron chi connectivity index (χ0n) is 10.2. The van der Waals surface area contributed by atoms with Crippen LogP contribution >= 0.6 is 0 Å². The van der Waals surface area contributed by atoms with Crippen LogP contribution in [0.15, 0.2) is 54.7 Å². The summed E-state index contributed by atoms with van der Waals surface area (Å²) in [4.78, 5) is 8.63. The molecule has 0 aliphatic rings. The minimum atomic E-state index is 0.200. The molecule has 0 saturated heterocycles. The molecule has 3 heteroatoms. The molecule has 0 unspecified atom stereocenters. The second-order valence-electron chi connectivity index (χ2n) is 4.17. The van der Waals surface area contributed by atoms with Crippen LogP contribution in [0.25, 0.3) is 23.1 Å². The van der Waals surface area contributed by atoms with Crippen molar-refractivity contribution in [1.29, 1.82) is 0 Å². The standard InChI is InChI=1S/C16H12N2O/c19-15-6-3-4-12-7-8-14(18-16(12)15)10-9-13-5-1-2-11-17-13/h1-11,19H/b10-9-. The van der Waals surface area contributed by atoms with Gasteiger partial charge in [-0.25, -0.2) is 4.98 Å². The molecule has 2 aromatic heterocycles. The Morgan fingerprint density at radius 3 is 2.58 bits per heavy atom. The highest BCUT2D eigenvalue weighted by atomic mass is 16.3. The Balaban J connectivity index is 1.98. The fraction of sp³-hybridized carbons (Fsp3) is 0. The number of aromatic nitrogens is 2. The van der Waals surface area contributed by atoms with Crippen molar-refractivity contribution in [3.63, 3.8) is 0 Å². The molecule has 92 valence electrons. The summed E-state index contributed by atoms with van der Waals surface area (Å²) in [7, 11) is 0. The highest BCUT2D eigenvalue weighted by Crippen LogP contribution is 2.22. The molecule has 2 heterocycles. The lowest BCUT2D eigenvalue weighted by Crippen LogP contribution is -1.84. The number of hydrogen-bond donors (Lipinski definition) is 1. The van der Waals surface area contributed by atoms with E-state index >= 15 is 0 Å². The van der Waals surface area contributed by atoms with Gasteiger partial charge >= 0.3 is 0 Å². The van der Waals surface area contributed by atoms with E-state index in [1.165, 1.54) is 0 Å². The molecule has 0 aliphatic heterocycles. The van der Waals surface area contributed by atoms with Crippen molar-refractivity contribution in [3.8, 4) is 5.75 Å². The van der Waals surface area contributed by atoms with Crippen LogP contribution in [0.1, 0.15) is 11.4 Å². The van der Waals surface area contributed by atoms with Crippen LogP contribution < -0.4 is 0 Å². The number of pyridine rings is 2. The van der Waals surface area contributed by atoms with E-state index in [1.807, 2.05) is 54.6 Å². The first-order chi connectivity index (χ1) is 9.33. The number of para-hydroxylation sites is 1. The summed E-state index contributed by atoms with van der Waals surface area (Å²) in [6.07, 6.45) is 5.53. The van der Waals surface area contributed by atoms with Gasteiger partial charge in [0.25, 0.3) is 0 Å². The average Bonchev–Trinajstić information content (AvgIpc) is 2.47. The lowest BCUT2D eigenvalue weighted by atomic mass is 10.2. The maximum Gasteiger partial charge on any atom is 0.141 e. The topological polar surface area (TPSA) is 46.0 Å². The highest BCUT2D eigenvalue weighted by Gasteiger charge is 2.00. The molecule has 1 N–H and O–H groups in total. The second kappa shape index (κ2) is 4.90. The number of fused-ring (bicyclic) bond motifs is 1. The Morgan fingerprint density at radius 2 is 1.74 bits per heavy atom. The molecule has 0 amide bonds. The Labute approximate surface area is 110 Å². The third-order valence-electron chi connectivity index (χ3n) is 2.83. The van der Waals surface area contributed by atoms with Gasteiger partial charge in [0.1, 0.15) is 11.3 Å². The molecule has 0 bridgehead atoms. The zero-order chi connectivity index (χ0) is 13.1. The van der Waals surface area contributed by atoms with E-state index in [4.69, 9.17) is 0 Å². The highest BCUT2D eigenvalue weighted by molar-refractivity contribution is 5.85. The van der Waals surface area contributed by atoms with Gasteiger partial charge in [0, 0.05) is 11.6 Å². The maximum absolute atomic E-state index is 9.78. The molecule has 3 nitrogen and oxygen atoms in total. The van der Waals surface area contributed by atoms with Crippen LogP contribution in [-0.2, 0) is 0 Å². The van der Waals surface area contributed by atoms with Gasteiger partial charge in [-0.1, -0.05) is 24.3 Å². The zero-order valence-corrected chi connectivity index (χ0v) is 10.2. The molecule has 1 aromatic carbocycles. The van der Waals surface area contributed by atoms with E-state index in [2.05, 4.69) is 9.97 Å². The van der Waals surface area contributed by atoms with Gasteiger partial charge in [-0.2, -0.15) is 0 Å². The number of nitrogens with zero attached hydrogens (tertiary/aromatic N) is 2. The van der Waals surface area contributed by atoms with E-state index in [9.17, 15) is 5.11 Å². The summed E-state index contributed by atoms with van der Waals surface area (Å²) in [5.41, 5.74) is 2.28. The first-order valence-electron chi connectivity index (χ1n) is 6.01. The monoisotopic (exact) mass is 248 g/mol. The van der Waals surface area contributed by atoms with Crippen LogP contribution in [0.3, 0.4) is 0 Å². The Morgan fingerprint density at radius 1 is 0.842 bits per heavy atom. The van der Waals surface area contributed by atoms with Crippen LogP contribution in [0, 0.1) is 0 Å². The fourth-order valence-corrected chi connectivity index (χ4v) is 1.88. The summed E-state index contributed by atoms with van der Waals surface area (Å²) in [5.74, 6) is 0.200. The van der Waals surface area contributed by atoms with E-state index in [0.29, 0.717) is 5.52 Å². The van der Waals surface area contributed by atoms with Crippen LogP contribution in [0.5, 0.6) is 5.75 Å². The van der Waals surface area contributed by atoms with Gasteiger partial charge in [-0.15, -0.1) is 0 Å². The molecule has 0 fully saturated rings. The van der Waals surface area contributed by atoms with E-state index in [0.717, 1.165) is 16.8 Å². The van der Waals surface area contributed by atoms with Gasteiger partial charge in [-0.05, 0) is 36.4 Å². The summed E-state index contributed by atoms with van der Waals surface area (Å²) in [6, 6.07) is 15.0. The maximum atomic E-state index is 9.78. The molecule has 0 spiro atoms. The minimum absolute atomic E-state index is 0.200. The predicted octanol–water partition coefficient (Wildman–Crippen LogP) is 3.51. The van der Waals surface area contributed by atoms with Crippen molar-refractivity contribution < 1.29 is 5.11 Å². The van der Waals surface area contributed by atoms with Crippen molar-refractivity contribution in [3.05, 3.63) is 66.1 Å². The second-order valence-corrected chi connectivity index (χ2v) is 4.17. The minimum Gasteiger partial charge on any atom is -0.506 e. The van der Waals surface area contributed by atoms with Crippen molar-refractivity contribution in [2.24, 2.45) is 0 Å². The lowest BCUT2D eigenvalue weighted by Gasteiger charge is -2.01. The molecule has 0 saturated carbocycles. The first kappa shape index (κ1) is 11.4. The van der Waals surface area contributed by atoms with Crippen LogP contribution in [0.2, 0.25) is 0 Å². The Kier molecular flexibility index (Phi) is 2.94. The van der Waals surface area contributed by atoms with Crippen molar-refractivity contribution >= 4 is 23.1 Å². The average molecular weight is 248 g/mol. The van der Waals surface area contributed by atoms with Crippen molar-refractivity contribution in [2.75, 3.05) is 0 Å². The number of aromatic hydroxyl groups is 1. The number of phenolic OH excluding ortho intramolecular Hbond substituents is 1. The van der Waals surface area contributed by atoms with Gasteiger partial charge in [0.15, 0.2) is 0 Å². The molecule has 0 atom stereocenters. The summed E-state index contributed by atoms with van der Waals surface area (Å²) < 4.78 is 0. The molecule has 3 aromatic rings. The fourth-order valence-electron chi connectivity index (χ4n) is 1.88. The molecule has 0 radical (unpaired) electrons. The van der Waals surface area contributed by atoms with Gasteiger partial charge in [0.05, 0.1) is 11.4 Å². The predicted molar refractivity (Wildman–Crippen MR) is 76.6 cm³/mol. The summed E-state index contributed by atoms with van der Waals surface area (Å²) >= 11 is 0. The molecule has 19 heavy (non-hydrogen) atoms. The molecule has 3 rings (SSSR count). The number of benzene rings is 1. The third-order valence-corrected chi connectivity index (χ3v) is 2.83.